The number of ether oxygens (including phenoxy) is 1. The molecule has 4 aliphatic rings. The Kier molecular flexibility index (Phi) is 24.7. The number of hydrogen-bond donors (Lipinski definition) is 3. The van der Waals surface area contributed by atoms with E-state index in [9.17, 15) is 49.3 Å². The minimum absolute atomic E-state index is 0. The van der Waals surface area contributed by atoms with Crippen LogP contribution in [-0.4, -0.2) is 172 Å². The molecule has 0 aliphatic carbocycles. The second-order valence-electron chi connectivity index (χ2n) is 25.1. The number of aromatic nitrogens is 6. The molecular formula is C71H77Cl4FN16O10S5. The highest BCUT2D eigenvalue weighted by Gasteiger charge is 2.33. The van der Waals surface area contributed by atoms with Crippen LogP contribution in [0.2, 0.25) is 20.4 Å². The average molecular weight is 1640 g/mol. The van der Waals surface area contributed by atoms with Crippen molar-refractivity contribution in [3.8, 4) is 11.8 Å². The predicted octanol–water partition coefficient (Wildman–Crippen LogP) is 12.7. The summed E-state index contributed by atoms with van der Waals surface area (Å²) >= 11 is 26.1. The van der Waals surface area contributed by atoms with Gasteiger partial charge in [0.05, 0.1) is 25.9 Å². The van der Waals surface area contributed by atoms with E-state index in [1.54, 1.807) is 52.9 Å². The standard InChI is InChI=1S/C27H27Cl2N7O3S.C24H23ClN4O3S2.C20H19ClFN5O4S2.4H2/c1-18(36-10-2-3-19-15-21(28)4-9-24(19)36)26(37)35-13-11-34(12-14-35)22-5-7-23(8-6-22)40(38,39)33-25-20(16-30)17-31-27(29)32-25;25-20-4-1-19-9-13-29(22(19)15-20)16-23(30)28-11-7-18(8-12-28)17-2-5-21(6-3-17)34(31,32)27-24-26-10-14-33-24;21-17-11-15(3-6-18(17)22)31-12-19(28)27-9-7-26(8-10-27)14-1-4-16(5-2-14)33(29,30)25-20-24-23-13-32-20;;;;/h4-9,15,17-18H,2-3,10-14H2,1H3,(H,31,32,33);1-6,9-10,13-15,18H,7-8,11-12,16H2,(H,26,27);1-6,11,13H,7-10,12H2,(H,24,25);4*1H/t18-;;;;;;/m1....../s1. The van der Waals surface area contributed by atoms with Crippen molar-refractivity contribution < 1.29 is 54.5 Å². The van der Waals surface area contributed by atoms with Crippen LogP contribution in [0.5, 0.6) is 5.75 Å². The summed E-state index contributed by atoms with van der Waals surface area (Å²) in [5.74, 6) is -0.118. The second-order valence-corrected chi connectivity index (χ2v) is 33.5. The van der Waals surface area contributed by atoms with Crippen LogP contribution in [0.25, 0.3) is 10.9 Å². The van der Waals surface area contributed by atoms with Gasteiger partial charge in [-0.1, -0.05) is 64.3 Å². The summed E-state index contributed by atoms with van der Waals surface area (Å²) in [5, 5.41) is 20.9. The number of anilines is 6. The maximum Gasteiger partial charge on any atom is 0.263 e. The van der Waals surface area contributed by atoms with Gasteiger partial charge in [-0.3, -0.25) is 28.5 Å². The minimum atomic E-state index is -4.01. The van der Waals surface area contributed by atoms with E-state index in [1.165, 1.54) is 64.9 Å². The fourth-order valence-corrected chi connectivity index (χ4v) is 17.9. The zero-order valence-corrected chi connectivity index (χ0v) is 64.2. The van der Waals surface area contributed by atoms with Crippen molar-refractivity contribution in [2.45, 2.75) is 65.8 Å². The SMILES string of the molecule is C[C@H](C(=O)N1CCN(c2ccc(S(=O)(=O)Nc3nc(Cl)ncc3C#N)cc2)CC1)N1CCCc2cc(Cl)ccc21.O=C(COc1ccc(F)c(Cl)c1)N1CCN(c2ccc(S(=O)(=O)Nc3nncs3)cc2)CC1.O=C(Cn1ccc2ccc(Cl)cc21)N1CCC(c2ccc(S(=O)(=O)Nc3nccs3)cc2)CC1.[HH].[HH].[HH].[HH]. The highest BCUT2D eigenvalue weighted by molar-refractivity contribution is 7.93. The zero-order chi connectivity index (χ0) is 75.6. The van der Waals surface area contributed by atoms with E-state index in [-0.39, 0.29) is 84.1 Å². The number of fused-ring (bicyclic) bond motifs is 2. The first-order chi connectivity index (χ1) is 51.4. The van der Waals surface area contributed by atoms with Gasteiger partial charge in [-0.05, 0) is 176 Å². The number of hydrogen-bond acceptors (Lipinski definition) is 21. The van der Waals surface area contributed by atoms with Crippen LogP contribution >= 0.6 is 69.1 Å². The number of benzene rings is 6. The molecule has 0 radical (unpaired) electrons. The molecule has 3 amide bonds. The lowest BCUT2D eigenvalue weighted by molar-refractivity contribution is -0.134. The molecule has 1 atom stereocenters. The van der Waals surface area contributed by atoms with E-state index in [0.717, 1.165) is 83.3 Å². The smallest absolute Gasteiger partial charge is 0.263 e. The molecule has 4 aliphatic heterocycles. The van der Waals surface area contributed by atoms with E-state index >= 15 is 0 Å². The average Bonchev–Trinajstić information content (AvgIpc) is 1.63. The molecule has 107 heavy (non-hydrogen) atoms. The predicted molar refractivity (Wildman–Crippen MR) is 421 cm³/mol. The summed E-state index contributed by atoms with van der Waals surface area (Å²) in [4.78, 5) is 62.5. The van der Waals surface area contributed by atoms with Gasteiger partial charge in [0.1, 0.15) is 41.3 Å². The number of carbonyl (C=O) groups excluding carboxylic acids is 3. The Hall–Kier alpha value is -9.43. The second kappa shape index (κ2) is 34.2. The molecule has 3 saturated heterocycles. The van der Waals surface area contributed by atoms with Crippen molar-refractivity contribution in [2.24, 2.45) is 0 Å². The molecule has 4 aromatic heterocycles. The van der Waals surface area contributed by atoms with Crippen molar-refractivity contribution in [2.75, 3.05) is 107 Å². The van der Waals surface area contributed by atoms with Crippen LogP contribution in [0.15, 0.2) is 178 Å². The van der Waals surface area contributed by atoms with Crippen molar-refractivity contribution in [3.05, 3.63) is 206 Å². The lowest BCUT2D eigenvalue weighted by Crippen LogP contribution is -2.55. The van der Waals surface area contributed by atoms with E-state index in [4.69, 9.17) is 51.1 Å². The Morgan fingerprint density at radius 2 is 1.26 bits per heavy atom. The third-order valence-electron chi connectivity index (χ3n) is 18.4. The van der Waals surface area contributed by atoms with Gasteiger partial charge in [0, 0.05) is 134 Å². The van der Waals surface area contributed by atoms with Crippen molar-refractivity contribution in [1.29, 1.82) is 5.26 Å². The maximum absolute atomic E-state index is 13.4. The quantitative estimate of drug-likeness (QED) is 0.0633. The number of thiazole rings is 1. The molecule has 26 nitrogen and oxygen atoms in total. The number of nitrogens with one attached hydrogen (secondary N) is 3. The Bertz CT molecular complexity index is 5250. The van der Waals surface area contributed by atoms with Crippen LogP contribution in [0, 0.1) is 17.1 Å². The highest BCUT2D eigenvalue weighted by Crippen LogP contribution is 2.34. The van der Waals surface area contributed by atoms with Gasteiger partial charge >= 0.3 is 0 Å². The van der Waals surface area contributed by atoms with Crippen LogP contribution in [0.4, 0.5) is 37.5 Å². The summed E-state index contributed by atoms with van der Waals surface area (Å²) in [6, 6.07) is 39.0. The van der Waals surface area contributed by atoms with Gasteiger partial charge in [-0.25, -0.2) is 39.6 Å². The van der Waals surface area contributed by atoms with Gasteiger partial charge in [0.15, 0.2) is 17.6 Å². The fraction of sp³-hybridized carbons (Fsp3) is 0.282. The van der Waals surface area contributed by atoms with E-state index in [0.29, 0.717) is 92.3 Å². The van der Waals surface area contributed by atoms with Crippen LogP contribution in [-0.2, 0) is 57.4 Å². The molecule has 0 unspecified atom stereocenters. The van der Waals surface area contributed by atoms with Gasteiger partial charge < -0.3 is 38.7 Å². The molecule has 36 heteroatoms. The first-order valence-corrected chi connectivity index (χ1v) is 41.3. The molecule has 0 bridgehead atoms. The van der Waals surface area contributed by atoms with E-state index < -0.39 is 35.9 Å². The van der Waals surface area contributed by atoms with Gasteiger partial charge in [-0.15, -0.1) is 21.5 Å². The van der Waals surface area contributed by atoms with Crippen LogP contribution in [0.3, 0.4) is 0 Å². The Morgan fingerprint density at radius 1 is 0.664 bits per heavy atom. The molecule has 0 saturated carbocycles. The first-order valence-electron chi connectivity index (χ1n) is 33.6. The van der Waals surface area contributed by atoms with E-state index in [1.807, 2.05) is 88.2 Å². The number of likely N-dealkylation sites (tertiary alicyclic amines) is 1. The lowest BCUT2D eigenvalue weighted by atomic mass is 9.89. The summed E-state index contributed by atoms with van der Waals surface area (Å²) in [6.45, 7) is 8.79. The van der Waals surface area contributed by atoms with Crippen molar-refractivity contribution >= 4 is 161 Å². The van der Waals surface area contributed by atoms with Gasteiger partial charge in [0.25, 0.3) is 36.0 Å². The number of aryl methyl sites for hydroxylation is 1. The Balaban J connectivity index is 0.000000206. The summed E-state index contributed by atoms with van der Waals surface area (Å²) in [5.41, 5.74) is 7.40. The Labute approximate surface area is 651 Å². The molecule has 6 aromatic carbocycles. The Morgan fingerprint density at radius 3 is 1.87 bits per heavy atom. The van der Waals surface area contributed by atoms with Gasteiger partial charge in [0.2, 0.25) is 22.2 Å². The summed E-state index contributed by atoms with van der Waals surface area (Å²) in [6.07, 6.45) is 8.25. The maximum atomic E-state index is 13.4. The number of piperidine rings is 1. The third-order valence-corrected chi connectivity index (χ3v) is 25.0. The first kappa shape index (κ1) is 77.2. The number of rotatable bonds is 19. The minimum Gasteiger partial charge on any atom is -0.484 e. The molecular weight excluding hydrogens is 1560 g/mol. The molecule has 8 heterocycles. The third kappa shape index (κ3) is 19.3. The zero-order valence-electron chi connectivity index (χ0n) is 57.1. The number of nitrogens with zero attached hydrogens (tertiary/aromatic N) is 13. The molecule has 10 aromatic rings. The van der Waals surface area contributed by atoms with Crippen molar-refractivity contribution in [1.82, 2.24) is 44.4 Å². The van der Waals surface area contributed by atoms with E-state index in [2.05, 4.69) is 54.0 Å². The monoisotopic (exact) mass is 1630 g/mol. The highest BCUT2D eigenvalue weighted by atomic mass is 35.5. The largest absolute Gasteiger partial charge is 0.484 e. The van der Waals surface area contributed by atoms with Gasteiger partial charge in [-0.2, -0.15) is 10.2 Å². The van der Waals surface area contributed by atoms with Crippen LogP contribution in [0.1, 0.15) is 54.5 Å². The number of amides is 3. The number of carbonyl (C=O) groups is 3. The molecule has 566 valence electrons. The molecule has 3 fully saturated rings. The van der Waals surface area contributed by atoms with Crippen molar-refractivity contribution in [3.63, 3.8) is 0 Å². The number of halogens is 5. The number of nitriles is 1. The lowest BCUT2D eigenvalue weighted by Gasteiger charge is -2.41. The molecule has 3 N–H and O–H groups in total. The number of piperazine rings is 2. The molecule has 0 spiro atoms. The summed E-state index contributed by atoms with van der Waals surface area (Å²) < 4.78 is 103. The summed E-state index contributed by atoms with van der Waals surface area (Å²) in [7, 11) is -11.4. The fourth-order valence-electron chi connectivity index (χ4n) is 12.7. The normalized spacial score (nSPS) is 15.2. The number of sulfonamides is 3. The van der Waals surface area contributed by atoms with Crippen LogP contribution < -0.4 is 33.6 Å². The topological polar surface area (TPSA) is 312 Å². The molecule has 14 rings (SSSR count).